The van der Waals surface area contributed by atoms with Crippen LogP contribution >= 0.6 is 46.9 Å². The molecule has 0 aliphatic carbocycles. The second-order valence-electron chi connectivity index (χ2n) is 27.4. The van der Waals surface area contributed by atoms with Crippen LogP contribution in [0.3, 0.4) is 0 Å². The van der Waals surface area contributed by atoms with E-state index in [0.717, 1.165) is 97.7 Å². The van der Waals surface area contributed by atoms with Crippen LogP contribution in [0.2, 0.25) is 0 Å². The van der Waals surface area contributed by atoms with Gasteiger partial charge in [0.2, 0.25) is 0 Å². The Labute approximate surface area is 743 Å². The number of ether oxygens (including phenoxy) is 6. The van der Waals surface area contributed by atoms with Gasteiger partial charge in [0, 0.05) is 166 Å². The Balaban J connectivity index is 0. The number of aliphatic hydroxyl groups excluding tert-OH is 3. The largest absolute Gasteiger partial charge is 0.472 e. The fourth-order valence-corrected chi connectivity index (χ4v) is 18.7. The van der Waals surface area contributed by atoms with Gasteiger partial charge in [-0.1, -0.05) is 125 Å². The molecule has 0 aromatic carbocycles. The van der Waals surface area contributed by atoms with E-state index < -0.39 is 194 Å². The van der Waals surface area contributed by atoms with E-state index in [4.69, 9.17) is 116 Å². The molecule has 6 heterocycles. The van der Waals surface area contributed by atoms with E-state index in [2.05, 4.69) is 55.1 Å². The molecule has 0 saturated carbocycles. The Hall–Kier alpha value is 4.00. The van der Waals surface area contributed by atoms with Gasteiger partial charge >= 0.3 is 46.9 Å². The van der Waals surface area contributed by atoms with E-state index in [0.29, 0.717) is 38.0 Å². The molecular weight excluding hydrogens is 1800 g/mol. The molecule has 631 valence electrons. The first kappa shape index (κ1) is 117. The quantitative estimate of drug-likeness (QED) is 0.0158. The first-order valence-electron chi connectivity index (χ1n) is 36.4. The Kier molecular flexibility index (Phi) is 59.2. The second kappa shape index (κ2) is 56.2. The molecule has 48 heteroatoms. The van der Waals surface area contributed by atoms with Gasteiger partial charge in [0.15, 0.2) is 0 Å². The van der Waals surface area contributed by atoms with Crippen molar-refractivity contribution in [3.8, 4) is 0 Å². The molecule has 6 aliphatic rings. The van der Waals surface area contributed by atoms with Crippen LogP contribution in [-0.2, 0) is 208 Å². The van der Waals surface area contributed by atoms with Gasteiger partial charge in [-0.3, -0.25) is 54.3 Å². The van der Waals surface area contributed by atoms with Crippen LogP contribution in [0, 0.1) is 64.2 Å². The zero-order chi connectivity index (χ0) is 79.9. The number of rotatable bonds is 46. The van der Waals surface area contributed by atoms with Crippen LogP contribution in [0.5, 0.6) is 0 Å². The number of phosphoric acid groups is 6. The number of hydrogen-bond acceptors (Lipinski definition) is 27. The third kappa shape index (κ3) is 39.2. The van der Waals surface area contributed by atoms with Crippen molar-refractivity contribution in [2.75, 3.05) is 40.6 Å². The average Bonchev–Trinajstić information content (AvgIpc) is 1.68. The van der Waals surface area contributed by atoms with Crippen LogP contribution in [0.1, 0.15) is 171 Å². The van der Waals surface area contributed by atoms with Crippen molar-refractivity contribution in [2.45, 2.75) is 299 Å². The second-order valence-corrected chi connectivity index (χ2v) is 36.0. The van der Waals surface area contributed by atoms with Crippen molar-refractivity contribution >= 4 is 94.0 Å². The van der Waals surface area contributed by atoms with Crippen LogP contribution in [-0.4, -0.2) is 260 Å². The maximum Gasteiger partial charge on any atom is 0.472 e. The molecule has 0 aromatic rings. The van der Waals surface area contributed by atoms with Gasteiger partial charge in [0.25, 0.3) is 0 Å². The number of phosphoric ester groups is 6. The van der Waals surface area contributed by atoms with Gasteiger partial charge in [0.1, 0.15) is 114 Å². The van der Waals surface area contributed by atoms with Gasteiger partial charge in [-0.05, 0) is 51.9 Å². The van der Waals surface area contributed by atoms with Crippen molar-refractivity contribution < 1.29 is 253 Å². The molecule has 111 heavy (non-hydrogen) atoms. The molecule has 15 radical (unpaired) electrons. The number of aliphatic hydroxyl groups is 3. The predicted molar refractivity (Wildman–Crippen MR) is 404 cm³/mol. The molecule has 0 spiro atoms. The van der Waals surface area contributed by atoms with Gasteiger partial charge in [-0.15, -0.1) is 0 Å². The summed E-state index contributed by atoms with van der Waals surface area (Å²) in [4.78, 5) is 60.2. The van der Waals surface area contributed by atoms with Crippen molar-refractivity contribution in [2.24, 2.45) is 35.5 Å². The van der Waals surface area contributed by atoms with E-state index in [1.165, 1.54) is 6.92 Å². The Morgan fingerprint density at radius 1 is 0.369 bits per heavy atom. The van der Waals surface area contributed by atoms with Gasteiger partial charge < -0.3 is 102 Å². The van der Waals surface area contributed by atoms with E-state index in [9.17, 15) is 72.1 Å². The Bertz CT molecular complexity index is 2850. The van der Waals surface area contributed by atoms with Crippen LogP contribution in [0.25, 0.3) is 0 Å². The minimum absolute atomic E-state index is 0. The maximum absolute atomic E-state index is 12.9. The third-order valence-corrected chi connectivity index (χ3v) is 25.2. The molecule has 0 amide bonds. The minimum Gasteiger partial charge on any atom is -0.388 e. The molecule has 6 aliphatic heterocycles. The summed E-state index contributed by atoms with van der Waals surface area (Å²) in [6, 6.07) is -5.80. The summed E-state index contributed by atoms with van der Waals surface area (Å²) in [7, 11) is 9.75. The molecule has 33 atom stereocenters. The van der Waals surface area contributed by atoms with Crippen LogP contribution in [0.15, 0.2) is 0 Å². The molecule has 9 N–H and O–H groups in total. The molecular formula is C63H120B6O33P6Y3-4. The van der Waals surface area contributed by atoms with E-state index >= 15 is 0 Å². The Morgan fingerprint density at radius 2 is 0.667 bits per heavy atom. The molecule has 33 nitrogen and oxygen atoms in total. The first-order valence-corrected chi connectivity index (χ1v) is 45.4. The topological polar surface area (TPSA) is 451 Å². The predicted octanol–water partition coefficient (Wildman–Crippen LogP) is 8.11. The molecule has 0 bridgehead atoms. The molecule has 11 unspecified atom stereocenters. The third-order valence-electron chi connectivity index (χ3n) is 19.2. The zero-order valence-electron chi connectivity index (χ0n) is 66.3. The monoisotopic (exact) mass is 1920 g/mol. The normalized spacial score (nSPS) is 35.8. The average molecular weight is 1920 g/mol. The first-order chi connectivity index (χ1) is 49.5. The van der Waals surface area contributed by atoms with Gasteiger partial charge in [-0.2, -0.15) is 11.8 Å². The maximum atomic E-state index is 12.9. The summed E-state index contributed by atoms with van der Waals surface area (Å²) in [6.07, 6.45) is -0.470. The van der Waals surface area contributed by atoms with Crippen molar-refractivity contribution in [1.29, 1.82) is 0 Å². The smallest absolute Gasteiger partial charge is 0.388 e. The van der Waals surface area contributed by atoms with E-state index in [1.54, 1.807) is 6.92 Å². The van der Waals surface area contributed by atoms with Crippen molar-refractivity contribution in [3.63, 3.8) is 0 Å². The molecule has 6 fully saturated rings. The number of hydrogen-bond donors (Lipinski definition) is 9. The van der Waals surface area contributed by atoms with Gasteiger partial charge in [-0.25, -0.2) is 27.4 Å². The fraction of sp³-hybridized carbons (Fsp3) is 0.937. The summed E-state index contributed by atoms with van der Waals surface area (Å²) in [5.41, 5.74) is 0. The standard InChI is InChI=1S/C22H42B2O11P2.C20H37B2O11P2.C19H35B2O11P2.2CH3.3Y/c1-5-8-10-14(9-6-2)11-12-15-19(16(7-3)32-21(15)23)34-37(28,29)31-13-17-20(18(25)22(24)33-17)35-36(26,27)30-4;1-5-8-12(4)9-10-13-17(14(6-2)30-19(13)21)32-35(26,27)29-11-15-18(16(23)20(22)31-15)33-34(24,25)28-7-3;1-5-6-7-11(2)8-9-13-16(12(3)29-18(13)20)31-34(25,26)28-10-14-17(15(22)19(21)30-14)32-33(23,24)27-4;;;;;/h14-22,25H,5-13H2,1-4H3,(H,26,27)(H,28,29);12-20,23H,4-11H2,1-3H3,(H,24,25)(H,26,27);11-19,22H,2,5-10H2,1,3-4H3,(H,23,24)(H,25,26);2*1H3;;;/q;4*-1;;;/t14-,15-,16+,17+,18-,19?,20?,21+,22+;12-,13-,14+,15+,16-,17+,18?,19+,20+;11-,12+,13-,14+,15-,16?,17?,18+,19+;;;;;/m000...../s1. The molecule has 0 aromatic heterocycles. The summed E-state index contributed by atoms with van der Waals surface area (Å²) >= 11 is 0. The van der Waals surface area contributed by atoms with E-state index in [1.807, 2.05) is 13.8 Å². The van der Waals surface area contributed by atoms with Crippen LogP contribution in [0.4, 0.5) is 0 Å². The summed E-state index contributed by atoms with van der Waals surface area (Å²) < 4.78 is 167. The molecule has 6 rings (SSSR count). The van der Waals surface area contributed by atoms with Crippen molar-refractivity contribution in [3.05, 3.63) is 28.7 Å². The Morgan fingerprint density at radius 3 is 1.01 bits per heavy atom. The SMILES string of the molecule is [B][C@@H]1O[C@H](CC)[C@H](OP(=O)(O)OC[C@H]2O[C@@H]([B])[C@@H](O)C2OP(=O)(O)OCC)[C@@H]1CC[C@@H]([CH2-])CCC.[B][C@@H]1O[C@H](COP(=O)(O)OC2[C@@H](C)O[C@@H]([B])[C@H]2CC[C@@H]([CH2-])CCCC)C(OP(=O)(O)OC)[C@@H]1O.[B][C@@H]1O[C@H](COP(=O)(O)OC2[C@@H](CC)O[C@@H]([B])[C@H]2CC[C@@H](CCC)CCCC)C(OP(=O)(O)OC)[C@@H]1O.[CH3-].[CH3-].[Y].[Y].[Y]. The minimum atomic E-state index is -4.67. The fourth-order valence-electron chi connectivity index (χ4n) is 13.4. The molecule has 6 saturated heterocycles. The van der Waals surface area contributed by atoms with Crippen LogP contribution < -0.4 is 0 Å². The zero-order valence-corrected chi connectivity index (χ0v) is 80.1. The summed E-state index contributed by atoms with van der Waals surface area (Å²) in [5.74, 6) is -0.00504. The van der Waals surface area contributed by atoms with Gasteiger partial charge in [0.05, 0.1) is 50.8 Å². The number of unbranched alkanes of at least 4 members (excludes halogenated alkanes) is 2. The summed E-state index contributed by atoms with van der Waals surface area (Å²) in [5, 5.41) is 30.4. The summed E-state index contributed by atoms with van der Waals surface area (Å²) in [6.45, 7) is 21.7. The van der Waals surface area contributed by atoms with E-state index in [-0.39, 0.29) is 149 Å². The van der Waals surface area contributed by atoms with Crippen molar-refractivity contribution in [1.82, 2.24) is 0 Å².